The van der Waals surface area contributed by atoms with Gasteiger partial charge in [0, 0.05) is 31.4 Å². The fourth-order valence-corrected chi connectivity index (χ4v) is 4.56. The summed E-state index contributed by atoms with van der Waals surface area (Å²) in [6.07, 6.45) is 2.50. The number of benzene rings is 1. The molecule has 3 rings (SSSR count). The maximum absolute atomic E-state index is 12.3. The van der Waals surface area contributed by atoms with E-state index in [1.807, 2.05) is 0 Å². The second-order valence-electron chi connectivity index (χ2n) is 6.78. The molecule has 1 atom stereocenters. The highest BCUT2D eigenvalue weighted by atomic mass is 32.2. The molecule has 0 bridgehead atoms. The monoisotopic (exact) mass is 334 g/mol. The Bertz CT molecular complexity index is 550. The number of carbonyl (C=O) groups is 1. The van der Waals surface area contributed by atoms with E-state index in [1.54, 1.807) is 11.8 Å². The molecule has 1 aromatic rings. The quantitative estimate of drug-likeness (QED) is 0.884. The standard InChI is InChI=1S/C18H26N2O2S/c1-14-4-2-3-5-15(14)12-20-9-6-16(7-10-20)19-17(21)18(22)8-11-23-13-18/h2-5,16,22H,6-13H2,1H3,(H,19,21). The highest BCUT2D eigenvalue weighted by molar-refractivity contribution is 7.99. The molecule has 0 aliphatic carbocycles. The minimum atomic E-state index is -1.14. The molecule has 0 radical (unpaired) electrons. The van der Waals surface area contributed by atoms with Crippen LogP contribution in [0.5, 0.6) is 0 Å². The Kier molecular flexibility index (Phi) is 5.29. The highest BCUT2D eigenvalue weighted by Gasteiger charge is 2.40. The van der Waals surface area contributed by atoms with Crippen LogP contribution in [-0.4, -0.2) is 52.2 Å². The predicted octanol–water partition coefficient (Wildman–Crippen LogP) is 1.94. The average molecular weight is 334 g/mol. The normalized spacial score (nSPS) is 26.3. The van der Waals surface area contributed by atoms with Gasteiger partial charge < -0.3 is 10.4 Å². The minimum absolute atomic E-state index is 0.167. The molecule has 1 amide bonds. The summed E-state index contributed by atoms with van der Waals surface area (Å²) in [5.41, 5.74) is 1.58. The van der Waals surface area contributed by atoms with E-state index in [-0.39, 0.29) is 11.9 Å². The van der Waals surface area contributed by atoms with E-state index in [4.69, 9.17) is 0 Å². The smallest absolute Gasteiger partial charge is 0.253 e. The molecule has 2 aliphatic rings. The number of thioether (sulfide) groups is 1. The summed E-state index contributed by atoms with van der Waals surface area (Å²) in [6, 6.07) is 8.71. The Labute approximate surface area is 142 Å². The van der Waals surface area contributed by atoms with Crippen molar-refractivity contribution in [1.29, 1.82) is 0 Å². The molecule has 0 spiro atoms. The van der Waals surface area contributed by atoms with E-state index in [9.17, 15) is 9.90 Å². The van der Waals surface area contributed by atoms with Crippen LogP contribution in [0.15, 0.2) is 24.3 Å². The SMILES string of the molecule is Cc1ccccc1CN1CCC(NC(=O)C2(O)CCSC2)CC1. The first-order valence-corrected chi connectivity index (χ1v) is 9.60. The zero-order valence-corrected chi connectivity index (χ0v) is 14.6. The van der Waals surface area contributed by atoms with Gasteiger partial charge in [-0.05, 0) is 43.1 Å². The summed E-state index contributed by atoms with van der Waals surface area (Å²) in [5.74, 6) is 1.24. The lowest BCUT2D eigenvalue weighted by Crippen LogP contribution is -2.53. The van der Waals surface area contributed by atoms with Crippen LogP contribution < -0.4 is 5.32 Å². The molecule has 4 nitrogen and oxygen atoms in total. The molecule has 2 fully saturated rings. The van der Waals surface area contributed by atoms with Gasteiger partial charge in [-0.25, -0.2) is 0 Å². The van der Waals surface area contributed by atoms with Crippen molar-refractivity contribution in [2.24, 2.45) is 0 Å². The number of nitrogens with zero attached hydrogens (tertiary/aromatic N) is 1. The zero-order valence-electron chi connectivity index (χ0n) is 13.8. The van der Waals surface area contributed by atoms with Gasteiger partial charge in [0.25, 0.3) is 5.91 Å². The van der Waals surface area contributed by atoms with Gasteiger partial charge in [0.05, 0.1) is 0 Å². The highest BCUT2D eigenvalue weighted by Crippen LogP contribution is 2.28. The fourth-order valence-electron chi connectivity index (χ4n) is 3.32. The summed E-state index contributed by atoms with van der Waals surface area (Å²) in [5, 5.41) is 13.4. The van der Waals surface area contributed by atoms with Crippen LogP contribution in [0.1, 0.15) is 30.4 Å². The van der Waals surface area contributed by atoms with Gasteiger partial charge in [-0.1, -0.05) is 24.3 Å². The lowest BCUT2D eigenvalue weighted by atomic mass is 9.99. The van der Waals surface area contributed by atoms with Crippen molar-refractivity contribution in [3.05, 3.63) is 35.4 Å². The van der Waals surface area contributed by atoms with Crippen LogP contribution in [0.4, 0.5) is 0 Å². The predicted molar refractivity (Wildman–Crippen MR) is 94.5 cm³/mol. The second kappa shape index (κ2) is 7.24. The number of aliphatic hydroxyl groups is 1. The zero-order chi connectivity index (χ0) is 16.3. The van der Waals surface area contributed by atoms with Gasteiger partial charge in [-0.15, -0.1) is 0 Å². The number of hydrogen-bond donors (Lipinski definition) is 2. The third-order valence-corrected chi connectivity index (χ3v) is 6.18. The van der Waals surface area contributed by atoms with Crippen LogP contribution in [-0.2, 0) is 11.3 Å². The summed E-state index contributed by atoms with van der Waals surface area (Å²) in [4.78, 5) is 14.7. The van der Waals surface area contributed by atoms with E-state index in [0.29, 0.717) is 12.2 Å². The van der Waals surface area contributed by atoms with E-state index in [1.165, 1.54) is 11.1 Å². The van der Waals surface area contributed by atoms with Crippen molar-refractivity contribution in [3.8, 4) is 0 Å². The number of piperidine rings is 1. The molecule has 5 heteroatoms. The number of amides is 1. The average Bonchev–Trinajstić information content (AvgIpc) is 3.00. The first-order chi connectivity index (χ1) is 11.1. The molecular weight excluding hydrogens is 308 g/mol. The van der Waals surface area contributed by atoms with Crippen molar-refractivity contribution in [2.75, 3.05) is 24.6 Å². The van der Waals surface area contributed by atoms with E-state index in [0.717, 1.165) is 38.2 Å². The molecule has 1 aromatic carbocycles. The van der Waals surface area contributed by atoms with Crippen LogP contribution in [0.25, 0.3) is 0 Å². The Hall–Kier alpha value is -1.04. The van der Waals surface area contributed by atoms with Gasteiger partial charge in [0.1, 0.15) is 0 Å². The molecule has 0 aromatic heterocycles. The number of hydrogen-bond acceptors (Lipinski definition) is 4. The number of rotatable bonds is 4. The number of aryl methyl sites for hydroxylation is 1. The molecule has 2 aliphatic heterocycles. The Balaban J connectivity index is 1.47. The van der Waals surface area contributed by atoms with E-state index < -0.39 is 5.60 Å². The summed E-state index contributed by atoms with van der Waals surface area (Å²) >= 11 is 1.66. The number of likely N-dealkylation sites (tertiary alicyclic amines) is 1. The van der Waals surface area contributed by atoms with Gasteiger partial charge in [0.15, 0.2) is 5.60 Å². The molecule has 0 saturated carbocycles. The molecule has 23 heavy (non-hydrogen) atoms. The van der Waals surface area contributed by atoms with E-state index in [2.05, 4.69) is 41.4 Å². The van der Waals surface area contributed by atoms with Gasteiger partial charge in [-0.2, -0.15) is 11.8 Å². The maximum atomic E-state index is 12.3. The molecular formula is C18H26N2O2S. The molecule has 2 saturated heterocycles. The maximum Gasteiger partial charge on any atom is 0.253 e. The van der Waals surface area contributed by atoms with Crippen LogP contribution in [0, 0.1) is 6.92 Å². The molecule has 2 heterocycles. The lowest BCUT2D eigenvalue weighted by molar-refractivity contribution is -0.138. The van der Waals surface area contributed by atoms with Crippen molar-refractivity contribution < 1.29 is 9.90 Å². The van der Waals surface area contributed by atoms with Crippen molar-refractivity contribution >= 4 is 17.7 Å². The van der Waals surface area contributed by atoms with Crippen molar-refractivity contribution in [3.63, 3.8) is 0 Å². The third kappa shape index (κ3) is 4.08. The van der Waals surface area contributed by atoms with Crippen molar-refractivity contribution in [2.45, 2.75) is 44.4 Å². The molecule has 1 unspecified atom stereocenters. The Morgan fingerprint density at radius 2 is 2.13 bits per heavy atom. The first-order valence-electron chi connectivity index (χ1n) is 8.45. The Morgan fingerprint density at radius 1 is 1.39 bits per heavy atom. The summed E-state index contributed by atoms with van der Waals surface area (Å²) in [7, 11) is 0. The number of nitrogens with one attached hydrogen (secondary N) is 1. The first kappa shape index (κ1) is 16.8. The largest absolute Gasteiger partial charge is 0.379 e. The van der Waals surface area contributed by atoms with Crippen LogP contribution in [0.3, 0.4) is 0 Å². The van der Waals surface area contributed by atoms with Crippen molar-refractivity contribution in [1.82, 2.24) is 10.2 Å². The molecule has 126 valence electrons. The van der Waals surface area contributed by atoms with Gasteiger partial charge in [0.2, 0.25) is 0 Å². The van der Waals surface area contributed by atoms with Gasteiger partial charge >= 0.3 is 0 Å². The Morgan fingerprint density at radius 3 is 2.78 bits per heavy atom. The third-order valence-electron chi connectivity index (χ3n) is 5.00. The lowest BCUT2D eigenvalue weighted by Gasteiger charge is -2.34. The molecule has 2 N–H and O–H groups in total. The fraction of sp³-hybridized carbons (Fsp3) is 0.611. The van der Waals surface area contributed by atoms with Crippen LogP contribution >= 0.6 is 11.8 Å². The topological polar surface area (TPSA) is 52.6 Å². The summed E-state index contributed by atoms with van der Waals surface area (Å²) in [6.45, 7) is 5.12. The minimum Gasteiger partial charge on any atom is -0.379 e. The van der Waals surface area contributed by atoms with Gasteiger partial charge in [-0.3, -0.25) is 9.69 Å². The van der Waals surface area contributed by atoms with E-state index >= 15 is 0 Å². The second-order valence-corrected chi connectivity index (χ2v) is 7.89. The number of carbonyl (C=O) groups excluding carboxylic acids is 1. The summed E-state index contributed by atoms with van der Waals surface area (Å²) < 4.78 is 0. The van der Waals surface area contributed by atoms with Crippen LogP contribution in [0.2, 0.25) is 0 Å².